The number of hydrogen-bond donors (Lipinski definition) is 10. The number of thiophene rings is 1. The van der Waals surface area contributed by atoms with E-state index < -0.39 is 129 Å². The Morgan fingerprint density at radius 3 is 1.61 bits per heavy atom. The lowest BCUT2D eigenvalue weighted by Crippen LogP contribution is -2.58. The fraction of sp³-hybridized carbons (Fsp3) is 0.417. The van der Waals surface area contributed by atoms with Gasteiger partial charge in [0.2, 0.25) is 17.7 Å². The van der Waals surface area contributed by atoms with E-state index in [1.165, 1.54) is 6.07 Å². The van der Waals surface area contributed by atoms with Crippen LogP contribution in [0.2, 0.25) is 0 Å². The van der Waals surface area contributed by atoms with Gasteiger partial charge >= 0.3 is 29.8 Å². The lowest BCUT2D eigenvalue weighted by molar-refractivity contribution is -0.144. The molecular weight excluding hydrogens is 802 g/mol. The van der Waals surface area contributed by atoms with Gasteiger partial charge in [0.15, 0.2) is 0 Å². The summed E-state index contributed by atoms with van der Waals surface area (Å²) in [5, 5.41) is 56.1. The molecule has 3 rings (SSSR count). The van der Waals surface area contributed by atoms with Crippen molar-refractivity contribution in [2.45, 2.75) is 89.0 Å². The van der Waals surface area contributed by atoms with Gasteiger partial charge < -0.3 is 56.7 Å². The molecule has 22 nitrogen and oxygen atoms in total. The van der Waals surface area contributed by atoms with Crippen LogP contribution < -0.4 is 31.7 Å². The van der Waals surface area contributed by atoms with Gasteiger partial charge in [0.05, 0.1) is 20.8 Å². The number of hydrogen-bond acceptors (Lipinski definition) is 13. The Bertz CT molecular complexity index is 2150. The molecule has 0 aliphatic rings. The quantitative estimate of drug-likeness (QED) is 0.0568. The van der Waals surface area contributed by atoms with Crippen molar-refractivity contribution < 1.29 is 68.7 Å². The molecule has 0 bridgehead atoms. The second-order valence-corrected chi connectivity index (χ2v) is 14.3. The molecule has 0 aliphatic carbocycles. The van der Waals surface area contributed by atoms with E-state index >= 15 is 0 Å². The third-order valence-electron chi connectivity index (χ3n) is 8.59. The number of benzene rings is 1. The number of carboxylic acids is 5. The largest absolute Gasteiger partial charge is 0.481 e. The van der Waals surface area contributed by atoms with Crippen molar-refractivity contribution in [1.29, 1.82) is 0 Å². The standard InChI is InChI=1S/C36H43N7O15S/c1-17-37-20-4-3-18(15-19(20)31(52)38-17)16-43(2)26-10-9-25(59-26)35(56)41-23(7-13-29(48)49)33(54)39-21(5-11-27(44)45)32(53)40-22(6-12-28(46)47)34(55)42-24(36(57)58)8-14-30(50)51/h3-4,9-10,15,21-24H,5-8,11-14,16H2,1-2H3,(H,39,54)(H,40,53)(H,41,56)(H,42,55)(H,44,45)(H,46,47)(H,48,49)(H,50,51)(H,57,58)(H,37,38,52)/t21-,22-,23-,24-/m0/s1. The highest BCUT2D eigenvalue weighted by Crippen LogP contribution is 2.27. The van der Waals surface area contributed by atoms with Crippen molar-refractivity contribution in [3.8, 4) is 0 Å². The van der Waals surface area contributed by atoms with E-state index in [0.29, 0.717) is 28.3 Å². The summed E-state index contributed by atoms with van der Waals surface area (Å²) >= 11 is 1.02. The summed E-state index contributed by atoms with van der Waals surface area (Å²) in [5.41, 5.74) is 0.983. The molecule has 59 heavy (non-hydrogen) atoms. The first-order chi connectivity index (χ1) is 27.7. The maximum absolute atomic E-state index is 13.6. The van der Waals surface area contributed by atoms with E-state index in [1.807, 2.05) is 5.32 Å². The number of aliphatic carboxylic acids is 5. The first-order valence-electron chi connectivity index (χ1n) is 17.9. The summed E-state index contributed by atoms with van der Waals surface area (Å²) < 4.78 is 0. The fourth-order valence-corrected chi connectivity index (χ4v) is 6.46. The fourth-order valence-electron chi connectivity index (χ4n) is 5.59. The zero-order valence-corrected chi connectivity index (χ0v) is 32.5. The van der Waals surface area contributed by atoms with Crippen molar-refractivity contribution in [2.24, 2.45) is 0 Å². The van der Waals surface area contributed by atoms with Gasteiger partial charge in [-0.3, -0.25) is 43.2 Å². The first kappa shape index (κ1) is 46.5. The molecule has 10 N–H and O–H groups in total. The summed E-state index contributed by atoms with van der Waals surface area (Å²) in [7, 11) is 1.74. The van der Waals surface area contributed by atoms with Crippen molar-refractivity contribution in [2.75, 3.05) is 11.9 Å². The number of nitrogens with one attached hydrogen (secondary N) is 5. The number of carbonyl (C=O) groups is 9. The molecule has 2 heterocycles. The van der Waals surface area contributed by atoms with Gasteiger partial charge in [-0.05, 0) is 62.4 Å². The predicted octanol–water partition coefficient (Wildman–Crippen LogP) is 0.0260. The Kier molecular flexibility index (Phi) is 17.0. The Morgan fingerprint density at radius 1 is 0.678 bits per heavy atom. The number of H-pyrrole nitrogens is 1. The molecule has 0 spiro atoms. The molecule has 1 aromatic carbocycles. The van der Waals surface area contributed by atoms with Crippen LogP contribution in [0.5, 0.6) is 0 Å². The van der Waals surface area contributed by atoms with E-state index in [1.54, 1.807) is 43.1 Å². The number of aromatic nitrogens is 2. The number of aryl methyl sites for hydroxylation is 1. The van der Waals surface area contributed by atoms with Crippen LogP contribution in [0.25, 0.3) is 10.9 Å². The molecule has 0 aliphatic heterocycles. The third kappa shape index (κ3) is 14.8. The minimum Gasteiger partial charge on any atom is -0.481 e. The lowest BCUT2D eigenvalue weighted by atomic mass is 10.0. The van der Waals surface area contributed by atoms with Crippen molar-refractivity contribution in [3.05, 3.63) is 57.0 Å². The Labute approximate surface area is 338 Å². The Morgan fingerprint density at radius 2 is 1.14 bits per heavy atom. The van der Waals surface area contributed by atoms with Crippen molar-refractivity contribution in [3.63, 3.8) is 0 Å². The molecule has 0 fully saturated rings. The van der Waals surface area contributed by atoms with Crippen LogP contribution in [0.3, 0.4) is 0 Å². The number of anilines is 1. The molecule has 0 saturated heterocycles. The SMILES string of the molecule is Cc1nc2ccc(CN(C)c3ccc(C(=O)N[C@@H](CCC(=O)O)C(=O)N[C@@H](CCC(=O)O)C(=O)N[C@@H](CCC(=O)O)C(=O)N[C@@H](CCC(=O)O)C(=O)O)s3)cc2c(=O)[nH]1. The molecule has 4 amide bonds. The molecule has 0 unspecified atom stereocenters. The van der Waals surface area contributed by atoms with E-state index in [0.717, 1.165) is 16.9 Å². The molecule has 0 saturated carbocycles. The number of aromatic amines is 1. The highest BCUT2D eigenvalue weighted by atomic mass is 32.1. The maximum atomic E-state index is 13.6. The van der Waals surface area contributed by atoms with Crippen molar-refractivity contribution in [1.82, 2.24) is 31.2 Å². The number of rotatable bonds is 24. The van der Waals surface area contributed by atoms with Crippen molar-refractivity contribution >= 4 is 80.7 Å². The average Bonchev–Trinajstić information content (AvgIpc) is 3.65. The number of carbonyl (C=O) groups excluding carboxylic acids is 4. The van der Waals surface area contributed by atoms with Gasteiger partial charge in [-0.25, -0.2) is 9.78 Å². The van der Waals surface area contributed by atoms with Gasteiger partial charge in [-0.1, -0.05) is 6.07 Å². The number of nitrogens with zero attached hydrogens (tertiary/aromatic N) is 2. The topological polar surface area (TPSA) is 352 Å². The second kappa shape index (κ2) is 21.6. The van der Waals surface area contributed by atoms with Crippen LogP contribution in [0, 0.1) is 6.92 Å². The molecule has 0 radical (unpaired) electrons. The van der Waals surface area contributed by atoms with Crippen LogP contribution in [0.1, 0.15) is 72.4 Å². The first-order valence-corrected chi connectivity index (χ1v) is 18.7. The second-order valence-electron chi connectivity index (χ2n) is 13.3. The summed E-state index contributed by atoms with van der Waals surface area (Å²) in [6, 6.07) is 1.44. The molecule has 23 heteroatoms. The van der Waals surface area contributed by atoms with E-state index in [4.69, 9.17) is 5.11 Å². The smallest absolute Gasteiger partial charge is 0.326 e. The molecular formula is C36H43N7O15S. The maximum Gasteiger partial charge on any atom is 0.326 e. The molecule has 2 aromatic heterocycles. The van der Waals surface area contributed by atoms with E-state index in [-0.39, 0.29) is 10.4 Å². The Balaban J connectivity index is 1.79. The summed E-state index contributed by atoms with van der Waals surface area (Å²) in [4.78, 5) is 132. The molecule has 318 valence electrons. The third-order valence-corrected chi connectivity index (χ3v) is 9.79. The highest BCUT2D eigenvalue weighted by Gasteiger charge is 2.32. The van der Waals surface area contributed by atoms with Gasteiger partial charge in [-0.15, -0.1) is 11.3 Å². The van der Waals surface area contributed by atoms with Gasteiger partial charge in [0.25, 0.3) is 11.5 Å². The van der Waals surface area contributed by atoms with Crippen LogP contribution in [0.15, 0.2) is 35.1 Å². The zero-order valence-electron chi connectivity index (χ0n) is 31.7. The molecule has 3 aromatic rings. The summed E-state index contributed by atoms with van der Waals surface area (Å²) in [6.07, 6.45) is -4.98. The Hall–Kier alpha value is -6.91. The van der Waals surface area contributed by atoms with Crippen LogP contribution in [-0.2, 0) is 44.9 Å². The minimum atomic E-state index is -1.76. The van der Waals surface area contributed by atoms with Gasteiger partial charge in [-0.2, -0.15) is 0 Å². The normalized spacial score (nSPS) is 12.9. The van der Waals surface area contributed by atoms with E-state index in [2.05, 4.69) is 25.9 Å². The monoisotopic (exact) mass is 845 g/mol. The summed E-state index contributed by atoms with van der Waals surface area (Å²) in [5.74, 6) is -11.0. The van der Waals surface area contributed by atoms with Gasteiger partial charge in [0.1, 0.15) is 30.0 Å². The molecule has 4 atom stereocenters. The number of fused-ring (bicyclic) bond motifs is 1. The number of carboxylic acid groups (broad SMARTS) is 5. The number of amides is 4. The average molecular weight is 846 g/mol. The minimum absolute atomic E-state index is 0.102. The predicted molar refractivity (Wildman–Crippen MR) is 206 cm³/mol. The van der Waals surface area contributed by atoms with Crippen LogP contribution in [-0.4, -0.2) is 120 Å². The highest BCUT2D eigenvalue weighted by molar-refractivity contribution is 7.18. The summed E-state index contributed by atoms with van der Waals surface area (Å²) in [6.45, 7) is 1.98. The van der Waals surface area contributed by atoms with Gasteiger partial charge in [0, 0.05) is 39.3 Å². The lowest BCUT2D eigenvalue weighted by Gasteiger charge is -2.25. The van der Waals surface area contributed by atoms with E-state index in [9.17, 15) is 68.4 Å². The van der Waals surface area contributed by atoms with Crippen LogP contribution in [0.4, 0.5) is 5.00 Å². The zero-order chi connectivity index (χ0) is 44.0. The van der Waals surface area contributed by atoms with Crippen LogP contribution >= 0.6 is 11.3 Å².